The average Bonchev–Trinajstić information content (AvgIpc) is 2.70. The molecule has 0 atom stereocenters. The maximum Gasteiger partial charge on any atom is 0.275 e. The van der Waals surface area contributed by atoms with Gasteiger partial charge in [0.1, 0.15) is 0 Å². The van der Waals surface area contributed by atoms with E-state index in [1.54, 1.807) is 13.8 Å². The number of ether oxygens (including phenoxy) is 1. The number of aryl methyl sites for hydroxylation is 2. The van der Waals surface area contributed by atoms with Crippen LogP contribution < -0.4 is 16.2 Å². The number of nitrogens with two attached hydrogens (primary N) is 1. The molecule has 2 heterocycles. The highest BCUT2D eigenvalue weighted by Gasteiger charge is 2.30. The molecule has 0 radical (unpaired) electrons. The molecule has 1 aliphatic heterocycles. The Morgan fingerprint density at radius 2 is 1.90 bits per heavy atom. The molecule has 0 unspecified atom stereocenters. The fourth-order valence-electron chi connectivity index (χ4n) is 4.41. The van der Waals surface area contributed by atoms with Crippen LogP contribution in [0.25, 0.3) is 0 Å². The quantitative estimate of drug-likeness (QED) is 0.537. The minimum absolute atomic E-state index is 0.0700. The zero-order valence-corrected chi connectivity index (χ0v) is 18.3. The molecule has 3 rings (SSSR count). The number of carbonyl (C=O) groups excluding carboxylic acids is 1. The monoisotopic (exact) mass is 428 g/mol. The molecule has 1 fully saturated rings. The summed E-state index contributed by atoms with van der Waals surface area (Å²) in [4.78, 5) is 41.0. The Kier molecular flexibility index (Phi) is 6.45. The van der Waals surface area contributed by atoms with E-state index in [2.05, 4.69) is 4.98 Å². The number of benzene rings is 1. The van der Waals surface area contributed by atoms with Crippen molar-refractivity contribution in [3.05, 3.63) is 66.1 Å². The summed E-state index contributed by atoms with van der Waals surface area (Å²) in [6.45, 7) is 6.53. The topological polar surface area (TPSA) is 132 Å². The van der Waals surface area contributed by atoms with Gasteiger partial charge in [-0.3, -0.25) is 19.7 Å². The van der Waals surface area contributed by atoms with Crippen LogP contribution in [0.1, 0.15) is 51.1 Å². The second-order valence-electron chi connectivity index (χ2n) is 8.09. The zero-order valence-electron chi connectivity index (χ0n) is 18.3. The Balaban J connectivity index is 2.27. The summed E-state index contributed by atoms with van der Waals surface area (Å²) in [5.41, 5.74) is 8.65. The highest BCUT2D eigenvalue weighted by molar-refractivity contribution is 5.97. The first-order valence-corrected chi connectivity index (χ1v) is 10.2. The van der Waals surface area contributed by atoms with Gasteiger partial charge in [0, 0.05) is 50.0 Å². The summed E-state index contributed by atoms with van der Waals surface area (Å²) in [5.74, 6) is -0.724. The number of aromatic amines is 1. The van der Waals surface area contributed by atoms with Crippen molar-refractivity contribution in [3.8, 4) is 0 Å². The van der Waals surface area contributed by atoms with Crippen LogP contribution in [0.4, 0.5) is 11.4 Å². The zero-order chi connectivity index (χ0) is 22.9. The fraction of sp³-hybridized carbons (Fsp3) is 0.455. The molecule has 1 aliphatic rings. The molecule has 1 aromatic carbocycles. The number of nitro groups is 1. The van der Waals surface area contributed by atoms with Crippen LogP contribution in [0.2, 0.25) is 0 Å². The molecule has 9 nitrogen and oxygen atoms in total. The summed E-state index contributed by atoms with van der Waals surface area (Å²) >= 11 is 0. The third-order valence-corrected chi connectivity index (χ3v) is 6.04. The Morgan fingerprint density at radius 3 is 2.45 bits per heavy atom. The molecule has 3 N–H and O–H groups in total. The van der Waals surface area contributed by atoms with Crippen LogP contribution in [0.5, 0.6) is 0 Å². The number of nitrogens with one attached hydrogen (secondary N) is 1. The van der Waals surface area contributed by atoms with Gasteiger partial charge in [0.25, 0.3) is 11.2 Å². The first-order chi connectivity index (χ1) is 14.6. The second-order valence-corrected chi connectivity index (χ2v) is 8.09. The first kappa shape index (κ1) is 22.5. The van der Waals surface area contributed by atoms with E-state index in [1.165, 1.54) is 6.07 Å². The third kappa shape index (κ3) is 4.46. The van der Waals surface area contributed by atoms with Crippen LogP contribution in [-0.2, 0) is 11.2 Å². The van der Waals surface area contributed by atoms with E-state index in [-0.39, 0.29) is 29.3 Å². The predicted molar refractivity (Wildman–Crippen MR) is 118 cm³/mol. The summed E-state index contributed by atoms with van der Waals surface area (Å²) in [6.07, 6.45) is 1.59. The van der Waals surface area contributed by atoms with E-state index in [0.29, 0.717) is 35.6 Å². The lowest BCUT2D eigenvalue weighted by Gasteiger charge is -2.35. The van der Waals surface area contributed by atoms with E-state index < -0.39 is 10.8 Å². The van der Waals surface area contributed by atoms with Crippen molar-refractivity contribution in [1.82, 2.24) is 4.98 Å². The van der Waals surface area contributed by atoms with Crippen molar-refractivity contribution in [2.45, 2.75) is 46.1 Å². The van der Waals surface area contributed by atoms with Gasteiger partial charge >= 0.3 is 0 Å². The van der Waals surface area contributed by atoms with Gasteiger partial charge < -0.3 is 20.4 Å². The van der Waals surface area contributed by atoms with Crippen molar-refractivity contribution < 1.29 is 14.5 Å². The van der Waals surface area contributed by atoms with Gasteiger partial charge in [-0.15, -0.1) is 0 Å². The average molecular weight is 428 g/mol. The van der Waals surface area contributed by atoms with Crippen LogP contribution in [0.3, 0.4) is 0 Å². The van der Waals surface area contributed by atoms with Gasteiger partial charge in [-0.1, -0.05) is 0 Å². The van der Waals surface area contributed by atoms with Gasteiger partial charge in [-0.25, -0.2) is 0 Å². The SMILES string of the molecule is Cc1cc(C)c(Cc2c([N+](=O)[O-])cc(C(N)=O)c(C)c2N(C)C2CCOCC2)c(=O)[nH]1. The second kappa shape index (κ2) is 8.89. The molecule has 0 saturated carbocycles. The number of nitrogens with zero attached hydrogens (tertiary/aromatic N) is 2. The Labute approximate surface area is 180 Å². The Bertz CT molecular complexity index is 1090. The van der Waals surface area contributed by atoms with Crippen LogP contribution >= 0.6 is 0 Å². The van der Waals surface area contributed by atoms with E-state index >= 15 is 0 Å². The molecule has 2 aromatic rings. The lowest BCUT2D eigenvalue weighted by Crippen LogP contribution is -2.38. The van der Waals surface area contributed by atoms with Crippen molar-refractivity contribution in [2.24, 2.45) is 5.73 Å². The molecule has 1 aromatic heterocycles. The maximum atomic E-state index is 12.7. The molecule has 1 amide bonds. The van der Waals surface area contributed by atoms with Crippen molar-refractivity contribution in [1.29, 1.82) is 0 Å². The number of pyridine rings is 1. The number of amides is 1. The van der Waals surface area contributed by atoms with E-state index in [1.807, 2.05) is 24.9 Å². The number of rotatable bonds is 6. The molecule has 0 aliphatic carbocycles. The first-order valence-electron chi connectivity index (χ1n) is 10.2. The number of anilines is 1. The van der Waals surface area contributed by atoms with Crippen LogP contribution in [-0.4, -0.2) is 42.1 Å². The Hall–Kier alpha value is -3.20. The smallest absolute Gasteiger partial charge is 0.275 e. The highest BCUT2D eigenvalue weighted by atomic mass is 16.6. The molecule has 166 valence electrons. The summed E-state index contributed by atoms with van der Waals surface area (Å²) in [5, 5.41) is 12.0. The third-order valence-electron chi connectivity index (χ3n) is 6.04. The molecular weight excluding hydrogens is 400 g/mol. The number of hydrogen-bond donors (Lipinski definition) is 2. The largest absolute Gasteiger partial charge is 0.381 e. The molecule has 0 spiro atoms. The number of nitro benzene ring substituents is 1. The van der Waals surface area contributed by atoms with Gasteiger partial charge in [0.2, 0.25) is 5.91 Å². The molecule has 1 saturated heterocycles. The van der Waals surface area contributed by atoms with Crippen molar-refractivity contribution >= 4 is 17.3 Å². The molecular formula is C22H28N4O5. The lowest BCUT2D eigenvalue weighted by molar-refractivity contribution is -0.385. The van der Waals surface area contributed by atoms with Crippen LogP contribution in [0.15, 0.2) is 16.9 Å². The fourth-order valence-corrected chi connectivity index (χ4v) is 4.41. The molecule has 9 heteroatoms. The van der Waals surface area contributed by atoms with E-state index in [9.17, 15) is 19.7 Å². The lowest BCUT2D eigenvalue weighted by atomic mass is 9.92. The summed E-state index contributed by atoms with van der Waals surface area (Å²) in [7, 11) is 1.86. The van der Waals surface area contributed by atoms with Gasteiger partial charge in [-0.2, -0.15) is 0 Å². The number of carbonyl (C=O) groups is 1. The number of hydrogen-bond acceptors (Lipinski definition) is 6. The normalized spacial score (nSPS) is 14.5. The summed E-state index contributed by atoms with van der Waals surface area (Å²) < 4.78 is 5.45. The standard InChI is InChI=1S/C22H28N4O5/c1-12-9-13(2)24-22(28)16(12)10-18-19(26(29)30)11-17(21(23)27)14(3)20(18)25(4)15-5-7-31-8-6-15/h9,11,15H,5-8,10H2,1-4H3,(H2,23,27)(H,24,28). The van der Waals surface area contributed by atoms with Gasteiger partial charge in [0.05, 0.1) is 21.7 Å². The molecule has 31 heavy (non-hydrogen) atoms. The van der Waals surface area contributed by atoms with Crippen molar-refractivity contribution in [3.63, 3.8) is 0 Å². The Morgan fingerprint density at radius 1 is 1.26 bits per heavy atom. The van der Waals surface area contributed by atoms with Gasteiger partial charge in [-0.05, 0) is 50.8 Å². The van der Waals surface area contributed by atoms with Crippen LogP contribution in [0, 0.1) is 30.9 Å². The predicted octanol–water partition coefficient (Wildman–Crippen LogP) is 2.51. The molecule has 0 bridgehead atoms. The van der Waals surface area contributed by atoms with E-state index in [0.717, 1.165) is 24.1 Å². The summed E-state index contributed by atoms with van der Waals surface area (Å²) in [6, 6.07) is 3.16. The van der Waals surface area contributed by atoms with Crippen molar-refractivity contribution in [2.75, 3.05) is 25.2 Å². The minimum atomic E-state index is -0.724. The highest BCUT2D eigenvalue weighted by Crippen LogP contribution is 2.38. The number of aromatic nitrogens is 1. The number of primary amides is 1. The van der Waals surface area contributed by atoms with Gasteiger partial charge in [0.15, 0.2) is 0 Å². The number of H-pyrrole nitrogens is 1. The maximum absolute atomic E-state index is 12.7. The minimum Gasteiger partial charge on any atom is -0.381 e. The van der Waals surface area contributed by atoms with E-state index in [4.69, 9.17) is 10.5 Å².